The number of halogens is 2. The molecule has 1 atom stereocenters. The number of carbonyl (C=O) groups is 2. The number of benzene rings is 2. The molecule has 3 rings (SSSR count). The van der Waals surface area contributed by atoms with Crippen LogP contribution in [0, 0.1) is 11.6 Å². The second-order valence-electron chi connectivity index (χ2n) is 6.47. The number of para-hydroxylation sites is 1. The number of amides is 2. The molecule has 0 spiro atoms. The van der Waals surface area contributed by atoms with Gasteiger partial charge in [0.05, 0.1) is 7.11 Å². The molecule has 1 N–H and O–H groups in total. The number of carbonyl (C=O) groups excluding carboxylic acids is 2. The third kappa shape index (κ3) is 3.92. The quantitative estimate of drug-likeness (QED) is 0.831. The summed E-state index contributed by atoms with van der Waals surface area (Å²) < 4.78 is 32.6. The molecule has 7 heteroatoms. The Morgan fingerprint density at radius 1 is 1.22 bits per heavy atom. The Kier molecular flexibility index (Phi) is 5.39. The SMILES string of the molecule is COc1ccc2c(c1)CCC(C)N2C(=O)CC(=O)Nc1c(F)cccc1F. The van der Waals surface area contributed by atoms with Gasteiger partial charge in [0, 0.05) is 11.7 Å². The fraction of sp³-hybridized carbons (Fsp3) is 0.300. The maximum atomic E-state index is 13.7. The van der Waals surface area contributed by atoms with Crippen LogP contribution in [0.1, 0.15) is 25.3 Å². The van der Waals surface area contributed by atoms with Crippen LogP contribution in [0.4, 0.5) is 20.2 Å². The highest BCUT2D eigenvalue weighted by molar-refractivity contribution is 6.09. The van der Waals surface area contributed by atoms with Gasteiger partial charge in [-0.1, -0.05) is 6.07 Å². The van der Waals surface area contributed by atoms with Gasteiger partial charge in [-0.2, -0.15) is 0 Å². The first-order valence-corrected chi connectivity index (χ1v) is 8.63. The van der Waals surface area contributed by atoms with Crippen molar-refractivity contribution in [3.05, 3.63) is 53.6 Å². The molecule has 0 bridgehead atoms. The number of anilines is 2. The minimum atomic E-state index is -0.889. The van der Waals surface area contributed by atoms with Gasteiger partial charge in [0.25, 0.3) is 0 Å². The molecule has 5 nitrogen and oxygen atoms in total. The average molecular weight is 374 g/mol. The lowest BCUT2D eigenvalue weighted by Gasteiger charge is -2.35. The van der Waals surface area contributed by atoms with Gasteiger partial charge in [0.2, 0.25) is 11.8 Å². The molecular weight excluding hydrogens is 354 g/mol. The molecule has 0 saturated heterocycles. The van der Waals surface area contributed by atoms with Gasteiger partial charge in [-0.15, -0.1) is 0 Å². The van der Waals surface area contributed by atoms with E-state index in [0.29, 0.717) is 5.75 Å². The lowest BCUT2D eigenvalue weighted by molar-refractivity contribution is -0.125. The number of nitrogens with zero attached hydrogens (tertiary/aromatic N) is 1. The first-order chi connectivity index (χ1) is 12.9. The van der Waals surface area contributed by atoms with E-state index in [0.717, 1.165) is 36.2 Å². The van der Waals surface area contributed by atoms with Crippen LogP contribution in [0.25, 0.3) is 0 Å². The lowest BCUT2D eigenvalue weighted by Crippen LogP contribution is -2.43. The van der Waals surface area contributed by atoms with Crippen LogP contribution >= 0.6 is 0 Å². The van der Waals surface area contributed by atoms with E-state index in [-0.39, 0.29) is 6.04 Å². The van der Waals surface area contributed by atoms with Gasteiger partial charge in [0.1, 0.15) is 29.5 Å². The summed E-state index contributed by atoms with van der Waals surface area (Å²) in [4.78, 5) is 26.5. The van der Waals surface area contributed by atoms with Gasteiger partial charge in [0.15, 0.2) is 0 Å². The highest BCUT2D eigenvalue weighted by Crippen LogP contribution is 2.33. The minimum Gasteiger partial charge on any atom is -0.497 e. The molecule has 1 aliphatic heterocycles. The molecule has 27 heavy (non-hydrogen) atoms. The Bertz CT molecular complexity index is 865. The summed E-state index contributed by atoms with van der Waals surface area (Å²) in [7, 11) is 1.57. The van der Waals surface area contributed by atoms with E-state index in [1.807, 2.05) is 13.0 Å². The number of fused-ring (bicyclic) bond motifs is 1. The second kappa shape index (κ2) is 7.73. The molecule has 0 saturated carbocycles. The standard InChI is InChI=1S/C20H20F2N2O3/c1-12-6-7-13-10-14(27-2)8-9-17(13)24(12)19(26)11-18(25)23-20-15(21)4-3-5-16(20)22/h3-5,8-10,12H,6-7,11H2,1-2H3,(H,23,25). The molecular formula is C20H20F2N2O3. The number of aryl methyl sites for hydroxylation is 1. The van der Waals surface area contributed by atoms with Gasteiger partial charge in [-0.3, -0.25) is 9.59 Å². The van der Waals surface area contributed by atoms with Crippen molar-refractivity contribution in [2.75, 3.05) is 17.3 Å². The fourth-order valence-electron chi connectivity index (χ4n) is 3.26. The topological polar surface area (TPSA) is 58.6 Å². The van der Waals surface area contributed by atoms with Crippen LogP contribution in [0.2, 0.25) is 0 Å². The second-order valence-corrected chi connectivity index (χ2v) is 6.47. The van der Waals surface area contributed by atoms with Crippen molar-refractivity contribution >= 4 is 23.2 Å². The minimum absolute atomic E-state index is 0.0867. The van der Waals surface area contributed by atoms with Crippen LogP contribution in [0.15, 0.2) is 36.4 Å². The Balaban J connectivity index is 1.77. The number of hydrogen-bond acceptors (Lipinski definition) is 3. The Hall–Kier alpha value is -2.96. The highest BCUT2D eigenvalue weighted by atomic mass is 19.1. The molecule has 0 aromatic heterocycles. The van der Waals surface area contributed by atoms with Crippen molar-refractivity contribution in [2.24, 2.45) is 0 Å². The molecule has 0 fully saturated rings. The van der Waals surface area contributed by atoms with Gasteiger partial charge in [-0.25, -0.2) is 8.78 Å². The zero-order chi connectivity index (χ0) is 19.6. The average Bonchev–Trinajstić information content (AvgIpc) is 2.64. The van der Waals surface area contributed by atoms with Gasteiger partial charge in [-0.05, 0) is 55.7 Å². The van der Waals surface area contributed by atoms with E-state index < -0.39 is 35.6 Å². The molecule has 2 aromatic rings. The summed E-state index contributed by atoms with van der Waals surface area (Å²) >= 11 is 0. The van der Waals surface area contributed by atoms with Crippen molar-refractivity contribution < 1.29 is 23.1 Å². The van der Waals surface area contributed by atoms with Crippen LogP contribution in [-0.4, -0.2) is 25.0 Å². The molecule has 1 aliphatic rings. The summed E-state index contributed by atoms with van der Waals surface area (Å²) in [6, 6.07) is 8.61. The summed E-state index contributed by atoms with van der Waals surface area (Å²) in [5.41, 5.74) is 1.14. The summed E-state index contributed by atoms with van der Waals surface area (Å²) in [6.07, 6.45) is 1.03. The maximum absolute atomic E-state index is 13.7. The van der Waals surface area contributed by atoms with Crippen molar-refractivity contribution in [1.82, 2.24) is 0 Å². The molecule has 0 aliphatic carbocycles. The summed E-state index contributed by atoms with van der Waals surface area (Å²) in [5.74, 6) is -2.28. The third-order valence-electron chi connectivity index (χ3n) is 4.63. The number of rotatable bonds is 4. The van der Waals surface area contributed by atoms with Crippen LogP contribution in [0.5, 0.6) is 5.75 Å². The first-order valence-electron chi connectivity index (χ1n) is 8.63. The number of methoxy groups -OCH3 is 1. The van der Waals surface area contributed by atoms with Crippen molar-refractivity contribution in [1.29, 1.82) is 0 Å². The number of hydrogen-bond donors (Lipinski definition) is 1. The van der Waals surface area contributed by atoms with Crippen LogP contribution in [0.3, 0.4) is 0 Å². The van der Waals surface area contributed by atoms with E-state index in [2.05, 4.69) is 5.32 Å². The van der Waals surface area contributed by atoms with E-state index in [9.17, 15) is 18.4 Å². The zero-order valence-electron chi connectivity index (χ0n) is 15.1. The van der Waals surface area contributed by atoms with Crippen LogP contribution < -0.4 is 15.0 Å². The predicted octanol–water partition coefficient (Wildman–Crippen LogP) is 3.67. The van der Waals surface area contributed by atoms with Gasteiger partial charge < -0.3 is 15.0 Å². The Morgan fingerprint density at radius 2 is 1.93 bits per heavy atom. The lowest BCUT2D eigenvalue weighted by atomic mass is 9.96. The molecule has 2 aromatic carbocycles. The molecule has 1 unspecified atom stereocenters. The zero-order valence-corrected chi connectivity index (χ0v) is 15.1. The van der Waals surface area contributed by atoms with Crippen LogP contribution in [-0.2, 0) is 16.0 Å². The summed E-state index contributed by atoms with van der Waals surface area (Å²) in [6.45, 7) is 1.90. The Morgan fingerprint density at radius 3 is 2.59 bits per heavy atom. The highest BCUT2D eigenvalue weighted by Gasteiger charge is 2.30. The normalized spacial score (nSPS) is 15.9. The molecule has 0 radical (unpaired) electrons. The monoisotopic (exact) mass is 374 g/mol. The summed E-state index contributed by atoms with van der Waals surface area (Å²) in [5, 5.41) is 2.15. The van der Waals surface area contributed by atoms with E-state index in [1.54, 1.807) is 24.1 Å². The number of nitrogens with one attached hydrogen (secondary N) is 1. The van der Waals surface area contributed by atoms with Gasteiger partial charge >= 0.3 is 0 Å². The Labute approximate surface area is 155 Å². The van der Waals surface area contributed by atoms with Crippen molar-refractivity contribution in [3.63, 3.8) is 0 Å². The molecule has 142 valence electrons. The third-order valence-corrected chi connectivity index (χ3v) is 4.63. The largest absolute Gasteiger partial charge is 0.497 e. The van der Waals surface area contributed by atoms with Crippen molar-refractivity contribution in [3.8, 4) is 5.75 Å². The van der Waals surface area contributed by atoms with E-state index >= 15 is 0 Å². The van der Waals surface area contributed by atoms with E-state index in [4.69, 9.17) is 4.74 Å². The smallest absolute Gasteiger partial charge is 0.236 e. The fourth-order valence-corrected chi connectivity index (χ4v) is 3.26. The van der Waals surface area contributed by atoms with E-state index in [1.165, 1.54) is 6.07 Å². The predicted molar refractivity (Wildman–Crippen MR) is 97.9 cm³/mol. The number of ether oxygens (including phenoxy) is 1. The first kappa shape index (κ1) is 18.8. The molecule has 1 heterocycles. The molecule has 2 amide bonds. The maximum Gasteiger partial charge on any atom is 0.236 e. The van der Waals surface area contributed by atoms with Crippen molar-refractivity contribution in [2.45, 2.75) is 32.2 Å².